The van der Waals surface area contributed by atoms with Gasteiger partial charge in [0.25, 0.3) is 0 Å². The molecule has 0 aromatic heterocycles. The van der Waals surface area contributed by atoms with Gasteiger partial charge in [0.15, 0.2) is 0 Å². The summed E-state index contributed by atoms with van der Waals surface area (Å²) in [6, 6.07) is 12.4. The van der Waals surface area contributed by atoms with Gasteiger partial charge in [0.2, 0.25) is 0 Å². The Bertz CT molecular complexity index is 675. The summed E-state index contributed by atoms with van der Waals surface area (Å²) in [5, 5.41) is 3.73. The standard InChI is InChI=1S/C16H16Cl2N2O2/c1-20(2)16(21)19-12-5-3-4-11(8-12)10-22-13-6-7-14(17)15(18)9-13/h3-9H,10H2,1-2H3,(H,19,21). The number of ether oxygens (including phenoxy) is 1. The van der Waals surface area contributed by atoms with E-state index in [1.165, 1.54) is 4.90 Å². The second kappa shape index (κ2) is 7.38. The van der Waals surface area contributed by atoms with Crippen LogP contribution in [0.3, 0.4) is 0 Å². The van der Waals surface area contributed by atoms with Crippen LogP contribution in [0.5, 0.6) is 5.75 Å². The monoisotopic (exact) mass is 338 g/mol. The molecule has 1 N–H and O–H groups in total. The molecule has 0 aliphatic carbocycles. The first-order valence-corrected chi connectivity index (χ1v) is 7.36. The third-order valence-corrected chi connectivity index (χ3v) is 3.62. The number of nitrogens with one attached hydrogen (secondary N) is 1. The average Bonchev–Trinajstić information content (AvgIpc) is 2.49. The number of halogens is 2. The van der Waals surface area contributed by atoms with E-state index in [0.717, 1.165) is 5.56 Å². The molecule has 0 aliphatic heterocycles. The molecule has 2 aromatic carbocycles. The molecule has 0 radical (unpaired) electrons. The number of hydrogen-bond acceptors (Lipinski definition) is 2. The topological polar surface area (TPSA) is 41.6 Å². The van der Waals surface area contributed by atoms with Crippen LogP contribution in [0.1, 0.15) is 5.56 Å². The molecule has 6 heteroatoms. The lowest BCUT2D eigenvalue weighted by Gasteiger charge is -2.13. The van der Waals surface area contributed by atoms with Crippen LogP contribution < -0.4 is 10.1 Å². The maximum Gasteiger partial charge on any atom is 0.321 e. The summed E-state index contributed by atoms with van der Waals surface area (Å²) in [5.74, 6) is 0.636. The smallest absolute Gasteiger partial charge is 0.321 e. The van der Waals surface area contributed by atoms with Gasteiger partial charge in [-0.25, -0.2) is 4.79 Å². The van der Waals surface area contributed by atoms with Crippen molar-refractivity contribution in [3.05, 3.63) is 58.1 Å². The number of anilines is 1. The molecule has 2 amide bonds. The van der Waals surface area contributed by atoms with E-state index in [1.54, 1.807) is 32.3 Å². The highest BCUT2D eigenvalue weighted by atomic mass is 35.5. The van der Waals surface area contributed by atoms with Gasteiger partial charge in [0, 0.05) is 25.8 Å². The Morgan fingerprint density at radius 1 is 1.14 bits per heavy atom. The quantitative estimate of drug-likeness (QED) is 0.880. The van der Waals surface area contributed by atoms with Gasteiger partial charge in [-0.05, 0) is 29.8 Å². The second-order valence-corrected chi connectivity index (χ2v) is 5.70. The average molecular weight is 339 g/mol. The van der Waals surface area contributed by atoms with E-state index in [1.807, 2.05) is 24.3 Å². The number of rotatable bonds is 4. The summed E-state index contributed by atoms with van der Waals surface area (Å²) in [5.41, 5.74) is 1.65. The zero-order valence-electron chi connectivity index (χ0n) is 12.3. The van der Waals surface area contributed by atoms with Crippen LogP contribution >= 0.6 is 23.2 Å². The summed E-state index contributed by atoms with van der Waals surface area (Å²) in [4.78, 5) is 13.1. The fourth-order valence-electron chi connectivity index (χ4n) is 1.71. The van der Waals surface area contributed by atoms with Crippen molar-refractivity contribution in [3.8, 4) is 5.75 Å². The van der Waals surface area contributed by atoms with Crippen molar-refractivity contribution in [1.29, 1.82) is 0 Å². The van der Waals surface area contributed by atoms with E-state index < -0.39 is 0 Å². The third-order valence-electron chi connectivity index (χ3n) is 2.88. The van der Waals surface area contributed by atoms with Crippen molar-refractivity contribution in [2.45, 2.75) is 6.61 Å². The van der Waals surface area contributed by atoms with Crippen LogP contribution in [-0.4, -0.2) is 25.0 Å². The molecule has 0 fully saturated rings. The lowest BCUT2D eigenvalue weighted by atomic mass is 10.2. The van der Waals surface area contributed by atoms with Gasteiger partial charge in [-0.3, -0.25) is 0 Å². The molecule has 0 aliphatic rings. The van der Waals surface area contributed by atoms with Gasteiger partial charge in [0.1, 0.15) is 12.4 Å². The van der Waals surface area contributed by atoms with Crippen LogP contribution in [0.15, 0.2) is 42.5 Å². The molecular formula is C16H16Cl2N2O2. The number of urea groups is 1. The molecule has 0 atom stereocenters. The van der Waals surface area contributed by atoms with Crippen molar-refractivity contribution in [3.63, 3.8) is 0 Å². The highest BCUT2D eigenvalue weighted by molar-refractivity contribution is 6.42. The third kappa shape index (κ3) is 4.55. The Balaban J connectivity index is 2.01. The van der Waals surface area contributed by atoms with Crippen molar-refractivity contribution >= 4 is 34.9 Å². The fourth-order valence-corrected chi connectivity index (χ4v) is 2.00. The number of hydrogen-bond donors (Lipinski definition) is 1. The Hall–Kier alpha value is -1.91. The lowest BCUT2D eigenvalue weighted by Crippen LogP contribution is -2.27. The summed E-state index contributed by atoms with van der Waals surface area (Å²) in [6.07, 6.45) is 0. The molecule has 2 aromatic rings. The lowest BCUT2D eigenvalue weighted by molar-refractivity contribution is 0.230. The van der Waals surface area contributed by atoms with Crippen molar-refractivity contribution < 1.29 is 9.53 Å². The first kappa shape index (κ1) is 16.5. The van der Waals surface area contributed by atoms with E-state index in [2.05, 4.69) is 5.32 Å². The predicted molar refractivity (Wildman–Crippen MR) is 89.9 cm³/mol. The van der Waals surface area contributed by atoms with Crippen molar-refractivity contribution in [2.24, 2.45) is 0 Å². The largest absolute Gasteiger partial charge is 0.489 e. The molecular weight excluding hydrogens is 323 g/mol. The zero-order valence-corrected chi connectivity index (χ0v) is 13.8. The molecule has 0 spiro atoms. The Kier molecular flexibility index (Phi) is 5.52. The molecule has 0 heterocycles. The molecule has 4 nitrogen and oxygen atoms in total. The van der Waals surface area contributed by atoms with Gasteiger partial charge in [-0.15, -0.1) is 0 Å². The Morgan fingerprint density at radius 2 is 1.91 bits per heavy atom. The van der Waals surface area contributed by atoms with Gasteiger partial charge >= 0.3 is 6.03 Å². The molecule has 2 rings (SSSR count). The van der Waals surface area contributed by atoms with E-state index in [9.17, 15) is 4.79 Å². The van der Waals surface area contributed by atoms with E-state index in [-0.39, 0.29) is 6.03 Å². The Labute approximate surface area is 139 Å². The second-order valence-electron chi connectivity index (χ2n) is 4.89. The van der Waals surface area contributed by atoms with Crippen molar-refractivity contribution in [2.75, 3.05) is 19.4 Å². The van der Waals surface area contributed by atoms with Gasteiger partial charge in [0.05, 0.1) is 10.0 Å². The number of amides is 2. The highest BCUT2D eigenvalue weighted by Crippen LogP contribution is 2.26. The number of benzene rings is 2. The first-order valence-electron chi connectivity index (χ1n) is 6.61. The minimum absolute atomic E-state index is 0.178. The SMILES string of the molecule is CN(C)C(=O)Nc1cccc(COc2ccc(Cl)c(Cl)c2)c1. The molecule has 116 valence electrons. The highest BCUT2D eigenvalue weighted by Gasteiger charge is 2.05. The minimum Gasteiger partial charge on any atom is -0.489 e. The normalized spacial score (nSPS) is 10.2. The maximum atomic E-state index is 11.6. The summed E-state index contributed by atoms with van der Waals surface area (Å²) >= 11 is 11.8. The van der Waals surface area contributed by atoms with Crippen LogP contribution in [0.25, 0.3) is 0 Å². The van der Waals surface area contributed by atoms with E-state index >= 15 is 0 Å². The predicted octanol–water partition coefficient (Wildman–Crippen LogP) is 4.67. The molecule has 0 unspecified atom stereocenters. The van der Waals surface area contributed by atoms with Gasteiger partial charge in [-0.1, -0.05) is 35.3 Å². The molecule has 0 bridgehead atoms. The fraction of sp³-hybridized carbons (Fsp3) is 0.188. The zero-order chi connectivity index (χ0) is 16.1. The van der Waals surface area contributed by atoms with Crippen LogP contribution in [0.4, 0.5) is 10.5 Å². The van der Waals surface area contributed by atoms with Crippen LogP contribution in [-0.2, 0) is 6.61 Å². The van der Waals surface area contributed by atoms with Gasteiger partial charge < -0.3 is 15.0 Å². The van der Waals surface area contributed by atoms with Gasteiger partial charge in [-0.2, -0.15) is 0 Å². The summed E-state index contributed by atoms with van der Waals surface area (Å²) < 4.78 is 5.67. The number of carbonyl (C=O) groups is 1. The molecule has 0 saturated carbocycles. The minimum atomic E-state index is -0.178. The summed E-state index contributed by atoms with van der Waals surface area (Å²) in [7, 11) is 3.37. The van der Waals surface area contributed by atoms with E-state index in [4.69, 9.17) is 27.9 Å². The van der Waals surface area contributed by atoms with Crippen LogP contribution in [0.2, 0.25) is 10.0 Å². The first-order chi connectivity index (χ1) is 10.5. The summed E-state index contributed by atoms with van der Waals surface area (Å²) in [6.45, 7) is 0.365. The number of nitrogens with zero attached hydrogens (tertiary/aromatic N) is 1. The maximum absolute atomic E-state index is 11.6. The molecule has 0 saturated heterocycles. The number of carbonyl (C=O) groups excluding carboxylic acids is 1. The van der Waals surface area contributed by atoms with Crippen LogP contribution in [0, 0.1) is 0 Å². The molecule has 22 heavy (non-hydrogen) atoms. The van der Waals surface area contributed by atoms with E-state index in [0.29, 0.717) is 28.1 Å². The van der Waals surface area contributed by atoms with Crippen molar-refractivity contribution in [1.82, 2.24) is 4.90 Å². The Morgan fingerprint density at radius 3 is 2.59 bits per heavy atom.